The largest absolute Gasteiger partial charge is 0.389 e. The van der Waals surface area contributed by atoms with E-state index in [2.05, 4.69) is 0 Å². The van der Waals surface area contributed by atoms with Crippen LogP contribution >= 0.6 is 22.9 Å². The van der Waals surface area contributed by atoms with Crippen LogP contribution in [-0.2, 0) is 9.84 Å². The third-order valence-electron chi connectivity index (χ3n) is 1.30. The summed E-state index contributed by atoms with van der Waals surface area (Å²) in [7, 11) is -3.39. The Bertz CT molecular complexity index is 483. The van der Waals surface area contributed by atoms with E-state index in [9.17, 15) is 8.42 Å². The minimum Gasteiger partial charge on any atom is -0.389 e. The van der Waals surface area contributed by atoms with Crippen LogP contribution in [0.25, 0.3) is 0 Å². The number of rotatable bonds is 1. The molecule has 70 valence electrons. The summed E-state index contributed by atoms with van der Waals surface area (Å²) in [6.45, 7) is 0. The minimum absolute atomic E-state index is 0.0343. The SMILES string of the molecule is CS(=O)(=O)c1sc(N)c(C#N)c1Cl. The predicted octanol–water partition coefficient (Wildman–Crippen LogP) is 1.26. The van der Waals surface area contributed by atoms with Crippen molar-refractivity contribution in [3.8, 4) is 6.07 Å². The Hall–Kier alpha value is -0.770. The Morgan fingerprint density at radius 1 is 1.62 bits per heavy atom. The second-order valence-electron chi connectivity index (χ2n) is 2.33. The fourth-order valence-corrected chi connectivity index (χ4v) is 3.43. The molecular formula is C6H5ClN2O2S2. The predicted molar refractivity (Wildman–Crippen MR) is 51.6 cm³/mol. The maximum atomic E-state index is 11.1. The highest BCUT2D eigenvalue weighted by atomic mass is 35.5. The summed E-state index contributed by atoms with van der Waals surface area (Å²) >= 11 is 6.45. The maximum absolute atomic E-state index is 11.1. The molecule has 0 saturated carbocycles. The van der Waals surface area contributed by atoms with Crippen molar-refractivity contribution >= 4 is 37.8 Å². The lowest BCUT2D eigenvalue weighted by Gasteiger charge is -1.91. The van der Waals surface area contributed by atoms with E-state index in [1.54, 1.807) is 6.07 Å². The number of nitriles is 1. The number of hydrogen-bond donors (Lipinski definition) is 1. The first kappa shape index (κ1) is 10.3. The Balaban J connectivity index is 3.56. The molecular weight excluding hydrogens is 232 g/mol. The molecule has 0 radical (unpaired) electrons. The van der Waals surface area contributed by atoms with Gasteiger partial charge in [0.2, 0.25) is 0 Å². The zero-order valence-electron chi connectivity index (χ0n) is 6.54. The van der Waals surface area contributed by atoms with E-state index in [1.807, 2.05) is 0 Å². The molecule has 0 aliphatic rings. The van der Waals surface area contributed by atoms with E-state index >= 15 is 0 Å². The molecule has 1 aromatic rings. The summed E-state index contributed by atoms with van der Waals surface area (Å²) in [5, 5.41) is 8.63. The molecule has 0 fully saturated rings. The number of nitrogens with two attached hydrogens (primary N) is 1. The molecule has 0 spiro atoms. The summed E-state index contributed by atoms with van der Waals surface area (Å²) in [4.78, 5) is 0. The molecule has 0 aliphatic carbocycles. The van der Waals surface area contributed by atoms with Crippen molar-refractivity contribution in [2.45, 2.75) is 4.21 Å². The fraction of sp³-hybridized carbons (Fsp3) is 0.167. The Morgan fingerprint density at radius 3 is 2.38 bits per heavy atom. The molecule has 0 amide bonds. The Labute approximate surface area is 84.5 Å². The van der Waals surface area contributed by atoms with Gasteiger partial charge < -0.3 is 5.73 Å². The summed E-state index contributed by atoms with van der Waals surface area (Å²) < 4.78 is 22.1. The van der Waals surface area contributed by atoms with Crippen LogP contribution < -0.4 is 5.73 Å². The van der Waals surface area contributed by atoms with E-state index in [0.717, 1.165) is 17.6 Å². The van der Waals surface area contributed by atoms with Gasteiger partial charge in [-0.1, -0.05) is 11.6 Å². The lowest BCUT2D eigenvalue weighted by molar-refractivity contribution is 0.604. The van der Waals surface area contributed by atoms with Gasteiger partial charge in [-0.3, -0.25) is 0 Å². The van der Waals surface area contributed by atoms with E-state index in [0.29, 0.717) is 0 Å². The third kappa shape index (κ3) is 1.77. The molecule has 1 aromatic heterocycles. The maximum Gasteiger partial charge on any atom is 0.186 e. The van der Waals surface area contributed by atoms with Crippen LogP contribution in [0.15, 0.2) is 4.21 Å². The molecule has 2 N–H and O–H groups in total. The zero-order valence-corrected chi connectivity index (χ0v) is 8.92. The summed E-state index contributed by atoms with van der Waals surface area (Å²) in [5.41, 5.74) is 5.43. The zero-order chi connectivity index (χ0) is 10.2. The molecule has 13 heavy (non-hydrogen) atoms. The normalized spacial score (nSPS) is 11.2. The molecule has 0 atom stereocenters. The molecule has 0 aromatic carbocycles. The summed E-state index contributed by atoms with van der Waals surface area (Å²) in [6.07, 6.45) is 1.02. The first-order chi connectivity index (χ1) is 5.88. The van der Waals surface area contributed by atoms with Crippen LogP contribution in [0.5, 0.6) is 0 Å². The van der Waals surface area contributed by atoms with Crippen molar-refractivity contribution in [3.05, 3.63) is 10.6 Å². The average Bonchev–Trinajstić information content (AvgIpc) is 2.25. The van der Waals surface area contributed by atoms with Gasteiger partial charge in [-0.25, -0.2) is 8.42 Å². The molecule has 0 saturated heterocycles. The number of halogens is 1. The van der Waals surface area contributed by atoms with Crippen molar-refractivity contribution in [1.82, 2.24) is 0 Å². The van der Waals surface area contributed by atoms with Gasteiger partial charge in [-0.2, -0.15) is 5.26 Å². The van der Waals surface area contributed by atoms with Crippen LogP contribution in [0, 0.1) is 11.3 Å². The van der Waals surface area contributed by atoms with Gasteiger partial charge in [0, 0.05) is 6.26 Å². The quantitative estimate of drug-likeness (QED) is 0.796. The van der Waals surface area contributed by atoms with Gasteiger partial charge in [-0.15, -0.1) is 11.3 Å². The molecule has 0 unspecified atom stereocenters. The van der Waals surface area contributed by atoms with Crippen LogP contribution in [0.3, 0.4) is 0 Å². The second-order valence-corrected chi connectivity index (χ2v) is 5.97. The fourth-order valence-electron chi connectivity index (χ4n) is 0.749. The third-order valence-corrected chi connectivity index (χ3v) is 4.75. The first-order valence-corrected chi connectivity index (χ1v) is 6.14. The van der Waals surface area contributed by atoms with Gasteiger partial charge in [0.1, 0.15) is 20.8 Å². The molecule has 1 rings (SSSR count). The second kappa shape index (κ2) is 3.18. The number of sulfone groups is 1. The number of hydrogen-bond acceptors (Lipinski definition) is 5. The summed E-state index contributed by atoms with van der Waals surface area (Å²) in [5.74, 6) is 0. The molecule has 4 nitrogen and oxygen atoms in total. The average molecular weight is 237 g/mol. The smallest absolute Gasteiger partial charge is 0.186 e. The van der Waals surface area contributed by atoms with E-state index in [-0.39, 0.29) is 19.8 Å². The molecule has 7 heteroatoms. The highest BCUT2D eigenvalue weighted by Crippen LogP contribution is 2.37. The van der Waals surface area contributed by atoms with Crippen LogP contribution in [-0.4, -0.2) is 14.7 Å². The number of nitrogens with zero attached hydrogens (tertiary/aromatic N) is 1. The first-order valence-electron chi connectivity index (χ1n) is 3.06. The van der Waals surface area contributed by atoms with Crippen LogP contribution in [0.4, 0.5) is 5.00 Å². The number of nitrogen functional groups attached to an aromatic ring is 1. The molecule has 0 aliphatic heterocycles. The van der Waals surface area contributed by atoms with Gasteiger partial charge >= 0.3 is 0 Å². The van der Waals surface area contributed by atoms with Crippen molar-refractivity contribution in [3.63, 3.8) is 0 Å². The Kier molecular flexibility index (Phi) is 2.52. The van der Waals surface area contributed by atoms with Gasteiger partial charge in [0.25, 0.3) is 0 Å². The standard InChI is InChI=1S/C6H5ClN2O2S2/c1-13(10,11)6-4(7)3(2-8)5(9)12-6/h9H2,1H3. The minimum atomic E-state index is -3.39. The topological polar surface area (TPSA) is 83.9 Å². The lowest BCUT2D eigenvalue weighted by atomic mass is 10.3. The Morgan fingerprint density at radius 2 is 2.15 bits per heavy atom. The summed E-state index contributed by atoms with van der Waals surface area (Å²) in [6, 6.07) is 1.75. The van der Waals surface area contributed by atoms with Crippen molar-refractivity contribution in [2.75, 3.05) is 12.0 Å². The number of thiophene rings is 1. The van der Waals surface area contributed by atoms with Crippen molar-refractivity contribution in [1.29, 1.82) is 5.26 Å². The lowest BCUT2D eigenvalue weighted by Crippen LogP contribution is -1.93. The van der Waals surface area contributed by atoms with Crippen molar-refractivity contribution in [2.24, 2.45) is 0 Å². The van der Waals surface area contributed by atoms with Crippen molar-refractivity contribution < 1.29 is 8.42 Å². The van der Waals surface area contributed by atoms with E-state index in [4.69, 9.17) is 22.6 Å². The van der Waals surface area contributed by atoms with Crippen LogP contribution in [0.2, 0.25) is 5.02 Å². The van der Waals surface area contributed by atoms with E-state index in [1.165, 1.54) is 0 Å². The highest BCUT2D eigenvalue weighted by molar-refractivity contribution is 7.93. The van der Waals surface area contributed by atoms with Crippen LogP contribution in [0.1, 0.15) is 5.56 Å². The number of anilines is 1. The monoisotopic (exact) mass is 236 g/mol. The highest BCUT2D eigenvalue weighted by Gasteiger charge is 2.21. The van der Waals surface area contributed by atoms with Gasteiger partial charge in [0.15, 0.2) is 9.84 Å². The van der Waals surface area contributed by atoms with E-state index < -0.39 is 9.84 Å². The van der Waals surface area contributed by atoms with Gasteiger partial charge in [0.05, 0.1) is 5.02 Å². The molecule has 1 heterocycles. The molecule has 0 bridgehead atoms. The van der Waals surface area contributed by atoms with Gasteiger partial charge in [-0.05, 0) is 0 Å².